The number of amides is 1. The topological polar surface area (TPSA) is 50.4 Å². The van der Waals surface area contributed by atoms with Gasteiger partial charge in [0.15, 0.2) is 0 Å². The Kier molecular flexibility index (Phi) is 4.49. The first kappa shape index (κ1) is 15.1. The van der Waals surface area contributed by atoms with Gasteiger partial charge in [-0.3, -0.25) is 15.6 Å². The summed E-state index contributed by atoms with van der Waals surface area (Å²) in [6, 6.07) is 15.4. The smallest absolute Gasteiger partial charge is 0.279 e. The molecule has 0 saturated heterocycles. The van der Waals surface area contributed by atoms with E-state index in [1.54, 1.807) is 7.11 Å². The molecule has 0 fully saturated rings. The third kappa shape index (κ3) is 3.33. The molecule has 1 heterocycles. The fraction of sp³-hybridized carbons (Fsp3) is 0.0625. The molecule has 2 aromatic carbocycles. The van der Waals surface area contributed by atoms with Crippen LogP contribution in [0.1, 0.15) is 9.67 Å². The number of thiophene rings is 1. The Bertz CT molecular complexity index is 815. The first-order chi connectivity index (χ1) is 10.7. The highest BCUT2D eigenvalue weighted by molar-refractivity contribution is 14.1. The summed E-state index contributed by atoms with van der Waals surface area (Å²) in [6.45, 7) is 0. The van der Waals surface area contributed by atoms with Crippen molar-refractivity contribution in [3.8, 4) is 5.75 Å². The van der Waals surface area contributed by atoms with Gasteiger partial charge in [0, 0.05) is 8.27 Å². The Morgan fingerprint density at radius 2 is 1.91 bits per heavy atom. The second-order valence-electron chi connectivity index (χ2n) is 4.60. The van der Waals surface area contributed by atoms with Crippen LogP contribution in [0.4, 0.5) is 5.69 Å². The lowest BCUT2D eigenvalue weighted by Gasteiger charge is -2.07. The highest BCUT2D eigenvalue weighted by Gasteiger charge is 2.10. The zero-order valence-corrected chi connectivity index (χ0v) is 14.7. The van der Waals surface area contributed by atoms with Crippen molar-refractivity contribution in [2.45, 2.75) is 0 Å². The van der Waals surface area contributed by atoms with E-state index in [0.29, 0.717) is 4.88 Å². The third-order valence-electron chi connectivity index (χ3n) is 3.11. The van der Waals surface area contributed by atoms with Gasteiger partial charge in [-0.25, -0.2) is 0 Å². The first-order valence-corrected chi connectivity index (χ1v) is 8.45. The average molecular weight is 424 g/mol. The summed E-state index contributed by atoms with van der Waals surface area (Å²) in [5.41, 5.74) is 6.47. The van der Waals surface area contributed by atoms with Gasteiger partial charge >= 0.3 is 0 Å². The van der Waals surface area contributed by atoms with E-state index in [2.05, 4.69) is 33.4 Å². The molecule has 0 aliphatic heterocycles. The molecule has 0 spiro atoms. The van der Waals surface area contributed by atoms with Crippen molar-refractivity contribution in [3.63, 3.8) is 0 Å². The maximum atomic E-state index is 12.2. The van der Waals surface area contributed by atoms with Gasteiger partial charge in [0.05, 0.1) is 17.7 Å². The van der Waals surface area contributed by atoms with Gasteiger partial charge in [-0.2, -0.15) is 0 Å². The Balaban J connectivity index is 1.73. The van der Waals surface area contributed by atoms with Crippen LogP contribution in [0.2, 0.25) is 0 Å². The SMILES string of the molecule is COc1ccc2sc(C(=O)NNc3ccc(I)cc3)cc2c1. The molecule has 1 aromatic heterocycles. The number of carbonyl (C=O) groups excluding carboxylic acids is 1. The minimum absolute atomic E-state index is 0.154. The number of fused-ring (bicyclic) bond motifs is 1. The lowest BCUT2D eigenvalue weighted by molar-refractivity contribution is 0.0966. The summed E-state index contributed by atoms with van der Waals surface area (Å²) in [5, 5.41) is 1.00. The molecule has 0 unspecified atom stereocenters. The molecule has 3 aromatic rings. The van der Waals surface area contributed by atoms with Crippen LogP contribution in [0.3, 0.4) is 0 Å². The summed E-state index contributed by atoms with van der Waals surface area (Å²) >= 11 is 3.69. The summed E-state index contributed by atoms with van der Waals surface area (Å²) in [4.78, 5) is 12.9. The normalized spacial score (nSPS) is 10.5. The molecule has 0 aliphatic rings. The van der Waals surface area contributed by atoms with E-state index in [9.17, 15) is 4.79 Å². The van der Waals surface area contributed by atoms with Crippen LogP contribution >= 0.6 is 33.9 Å². The largest absolute Gasteiger partial charge is 0.497 e. The third-order valence-corrected chi connectivity index (χ3v) is 4.95. The minimum Gasteiger partial charge on any atom is -0.497 e. The highest BCUT2D eigenvalue weighted by Crippen LogP contribution is 2.28. The number of methoxy groups -OCH3 is 1. The number of anilines is 1. The predicted octanol–water partition coefficient (Wildman–Crippen LogP) is 4.27. The number of nitrogens with one attached hydrogen (secondary N) is 2. The van der Waals surface area contributed by atoms with Crippen molar-refractivity contribution in [1.29, 1.82) is 0 Å². The van der Waals surface area contributed by atoms with Crippen LogP contribution in [-0.2, 0) is 0 Å². The van der Waals surface area contributed by atoms with Crippen LogP contribution in [-0.4, -0.2) is 13.0 Å². The van der Waals surface area contributed by atoms with Gasteiger partial charge in [0.1, 0.15) is 5.75 Å². The molecule has 4 nitrogen and oxygen atoms in total. The number of carbonyl (C=O) groups is 1. The Morgan fingerprint density at radius 1 is 1.14 bits per heavy atom. The van der Waals surface area contributed by atoms with Crippen molar-refractivity contribution in [1.82, 2.24) is 5.43 Å². The molecule has 22 heavy (non-hydrogen) atoms. The van der Waals surface area contributed by atoms with Crippen LogP contribution in [0, 0.1) is 3.57 Å². The molecule has 0 radical (unpaired) electrons. The zero-order valence-electron chi connectivity index (χ0n) is 11.7. The van der Waals surface area contributed by atoms with Crippen LogP contribution in [0.5, 0.6) is 5.75 Å². The van der Waals surface area contributed by atoms with Crippen molar-refractivity contribution in [3.05, 3.63) is 57.0 Å². The number of hydrazine groups is 1. The lowest BCUT2D eigenvalue weighted by Crippen LogP contribution is -2.28. The van der Waals surface area contributed by atoms with Crippen LogP contribution in [0.15, 0.2) is 48.5 Å². The van der Waals surface area contributed by atoms with Gasteiger partial charge in [-0.05, 0) is 76.5 Å². The fourth-order valence-corrected chi connectivity index (χ4v) is 3.28. The molecule has 0 atom stereocenters. The molecular formula is C16H13IN2O2S. The molecular weight excluding hydrogens is 411 g/mol. The Labute approximate surface area is 145 Å². The first-order valence-electron chi connectivity index (χ1n) is 6.55. The van der Waals surface area contributed by atoms with E-state index in [1.165, 1.54) is 11.3 Å². The monoisotopic (exact) mass is 424 g/mol. The Hall–Kier alpha value is -1.80. The predicted molar refractivity (Wildman–Crippen MR) is 98.6 cm³/mol. The number of rotatable bonds is 4. The molecule has 0 aliphatic carbocycles. The molecule has 1 amide bonds. The standard InChI is InChI=1S/C16H13IN2O2S/c1-21-13-6-7-14-10(8-13)9-15(22-14)16(20)19-18-12-4-2-11(17)3-5-12/h2-9,18H,1H3,(H,19,20). The number of ether oxygens (including phenoxy) is 1. The van der Waals surface area contributed by atoms with Crippen LogP contribution in [0.25, 0.3) is 10.1 Å². The summed E-state index contributed by atoms with van der Waals surface area (Å²) in [7, 11) is 1.63. The zero-order chi connectivity index (χ0) is 15.5. The van der Waals surface area contributed by atoms with E-state index >= 15 is 0 Å². The van der Waals surface area contributed by atoms with E-state index in [1.807, 2.05) is 48.5 Å². The van der Waals surface area contributed by atoms with E-state index in [-0.39, 0.29) is 5.91 Å². The van der Waals surface area contributed by atoms with Gasteiger partial charge in [-0.1, -0.05) is 0 Å². The summed E-state index contributed by atoms with van der Waals surface area (Å²) < 4.78 is 7.40. The maximum absolute atomic E-state index is 12.2. The molecule has 2 N–H and O–H groups in total. The van der Waals surface area contributed by atoms with Gasteiger partial charge in [0.25, 0.3) is 5.91 Å². The average Bonchev–Trinajstić information content (AvgIpc) is 2.97. The van der Waals surface area contributed by atoms with E-state index in [0.717, 1.165) is 25.1 Å². The van der Waals surface area contributed by atoms with E-state index in [4.69, 9.17) is 4.74 Å². The second kappa shape index (κ2) is 6.53. The fourth-order valence-electron chi connectivity index (χ4n) is 1.98. The Morgan fingerprint density at radius 3 is 2.64 bits per heavy atom. The quantitative estimate of drug-likeness (QED) is 0.486. The summed E-state index contributed by atoms with van der Waals surface area (Å²) in [6.07, 6.45) is 0. The molecule has 3 rings (SSSR count). The summed E-state index contributed by atoms with van der Waals surface area (Å²) in [5.74, 6) is 0.632. The van der Waals surface area contributed by atoms with Gasteiger partial charge in [-0.15, -0.1) is 11.3 Å². The van der Waals surface area contributed by atoms with Crippen molar-refractivity contribution in [2.24, 2.45) is 0 Å². The van der Waals surface area contributed by atoms with Crippen molar-refractivity contribution >= 4 is 55.6 Å². The number of hydrogen-bond acceptors (Lipinski definition) is 4. The lowest BCUT2D eigenvalue weighted by atomic mass is 10.2. The number of halogens is 1. The maximum Gasteiger partial charge on any atom is 0.279 e. The molecule has 6 heteroatoms. The molecule has 112 valence electrons. The van der Waals surface area contributed by atoms with Crippen molar-refractivity contribution < 1.29 is 9.53 Å². The van der Waals surface area contributed by atoms with Gasteiger partial charge in [0.2, 0.25) is 0 Å². The van der Waals surface area contributed by atoms with Gasteiger partial charge < -0.3 is 4.74 Å². The number of benzene rings is 2. The second-order valence-corrected chi connectivity index (χ2v) is 6.93. The van der Waals surface area contributed by atoms with Crippen LogP contribution < -0.4 is 15.6 Å². The molecule has 0 saturated carbocycles. The molecule has 0 bridgehead atoms. The minimum atomic E-state index is -0.154. The van der Waals surface area contributed by atoms with Crippen molar-refractivity contribution in [2.75, 3.05) is 12.5 Å². The highest BCUT2D eigenvalue weighted by atomic mass is 127. The van der Waals surface area contributed by atoms with E-state index < -0.39 is 0 Å². The number of hydrogen-bond donors (Lipinski definition) is 2.